The topological polar surface area (TPSA) is 40.5 Å². The van der Waals surface area contributed by atoms with E-state index in [4.69, 9.17) is 0 Å². The summed E-state index contributed by atoms with van der Waals surface area (Å²) in [6.45, 7) is 0. The van der Waals surface area contributed by atoms with Crippen LogP contribution in [0.25, 0.3) is 0 Å². The molecule has 0 aromatic heterocycles. The molecule has 4 heteroatoms. The number of aliphatic hydroxyl groups excluding tert-OH is 2. The van der Waals surface area contributed by atoms with Gasteiger partial charge in [-0.2, -0.15) is 0 Å². The summed E-state index contributed by atoms with van der Waals surface area (Å²) in [5.41, 5.74) is 0. The number of alkyl halides is 2. The van der Waals surface area contributed by atoms with Crippen molar-refractivity contribution in [2.24, 2.45) is 11.8 Å². The molecule has 2 aliphatic rings. The van der Waals surface area contributed by atoms with E-state index in [2.05, 4.69) is 31.9 Å². The smallest absolute Gasteiger partial charge is 0.0841 e. The van der Waals surface area contributed by atoms with Crippen LogP contribution in [0.3, 0.4) is 0 Å². The molecule has 106 valence electrons. The van der Waals surface area contributed by atoms with E-state index in [9.17, 15) is 10.2 Å². The molecule has 0 aliphatic heterocycles. The first kappa shape index (κ1) is 15.3. The fourth-order valence-corrected chi connectivity index (χ4v) is 5.31. The van der Waals surface area contributed by atoms with Gasteiger partial charge < -0.3 is 10.2 Å². The molecule has 6 atom stereocenters. The minimum atomic E-state index is -0.571. The lowest BCUT2D eigenvalue weighted by Crippen LogP contribution is -2.46. The number of aliphatic hydroxyl groups is 2. The molecule has 4 unspecified atom stereocenters. The van der Waals surface area contributed by atoms with Gasteiger partial charge in [0.25, 0.3) is 0 Å². The second-order valence-corrected chi connectivity index (χ2v) is 8.26. The summed E-state index contributed by atoms with van der Waals surface area (Å²) < 4.78 is 0. The highest BCUT2D eigenvalue weighted by Crippen LogP contribution is 2.38. The maximum absolute atomic E-state index is 10.5. The van der Waals surface area contributed by atoms with Crippen molar-refractivity contribution in [2.75, 3.05) is 0 Å². The molecular formula is C14H24Br2O2. The molecule has 0 aromatic rings. The van der Waals surface area contributed by atoms with E-state index >= 15 is 0 Å². The third-order valence-corrected chi connectivity index (χ3v) is 6.96. The Morgan fingerprint density at radius 3 is 1.33 bits per heavy atom. The van der Waals surface area contributed by atoms with Crippen LogP contribution >= 0.6 is 31.9 Å². The van der Waals surface area contributed by atoms with Crippen molar-refractivity contribution >= 4 is 31.9 Å². The summed E-state index contributed by atoms with van der Waals surface area (Å²) >= 11 is 7.36. The Hall–Kier alpha value is 0.880. The second-order valence-electron chi connectivity index (χ2n) is 5.91. The van der Waals surface area contributed by atoms with Gasteiger partial charge >= 0.3 is 0 Å². The third kappa shape index (κ3) is 3.50. The average Bonchev–Trinajstić information content (AvgIpc) is 2.38. The number of halogens is 2. The molecule has 0 heterocycles. The van der Waals surface area contributed by atoms with Crippen molar-refractivity contribution in [3.05, 3.63) is 0 Å². The highest BCUT2D eigenvalue weighted by Gasteiger charge is 2.39. The number of hydrogen-bond acceptors (Lipinski definition) is 2. The van der Waals surface area contributed by atoms with E-state index in [-0.39, 0.29) is 11.8 Å². The molecule has 2 nitrogen and oxygen atoms in total. The first-order chi connectivity index (χ1) is 8.61. The van der Waals surface area contributed by atoms with Gasteiger partial charge in [0, 0.05) is 9.65 Å². The van der Waals surface area contributed by atoms with Crippen molar-refractivity contribution in [1.82, 2.24) is 0 Å². The van der Waals surface area contributed by atoms with Crippen molar-refractivity contribution in [3.63, 3.8) is 0 Å². The van der Waals surface area contributed by atoms with Crippen molar-refractivity contribution < 1.29 is 10.2 Å². The van der Waals surface area contributed by atoms with Crippen molar-refractivity contribution in [1.29, 1.82) is 0 Å². The quantitative estimate of drug-likeness (QED) is 0.730. The summed E-state index contributed by atoms with van der Waals surface area (Å²) in [6, 6.07) is 0. The Morgan fingerprint density at radius 2 is 1.00 bits per heavy atom. The zero-order valence-electron chi connectivity index (χ0n) is 10.8. The van der Waals surface area contributed by atoms with Gasteiger partial charge in [-0.1, -0.05) is 57.5 Å². The lowest BCUT2D eigenvalue weighted by atomic mass is 9.76. The zero-order valence-corrected chi connectivity index (χ0v) is 13.9. The molecule has 18 heavy (non-hydrogen) atoms. The lowest BCUT2D eigenvalue weighted by Gasteiger charge is -2.39. The van der Waals surface area contributed by atoms with Crippen LogP contribution in [0.4, 0.5) is 0 Å². The Morgan fingerprint density at radius 1 is 0.667 bits per heavy atom. The summed E-state index contributed by atoms with van der Waals surface area (Å²) in [4.78, 5) is 0.738. The van der Waals surface area contributed by atoms with Gasteiger partial charge in [-0.25, -0.2) is 0 Å². The summed E-state index contributed by atoms with van der Waals surface area (Å²) in [6.07, 6.45) is 8.00. The van der Waals surface area contributed by atoms with Crippen LogP contribution in [0.5, 0.6) is 0 Å². The fourth-order valence-electron chi connectivity index (χ4n) is 3.50. The van der Waals surface area contributed by atoms with Crippen LogP contribution in [0, 0.1) is 11.8 Å². The van der Waals surface area contributed by atoms with Gasteiger partial charge in [0.1, 0.15) is 0 Å². The average molecular weight is 384 g/mol. The monoisotopic (exact) mass is 382 g/mol. The van der Waals surface area contributed by atoms with Crippen molar-refractivity contribution in [2.45, 2.75) is 73.2 Å². The van der Waals surface area contributed by atoms with Crippen LogP contribution < -0.4 is 0 Å². The van der Waals surface area contributed by atoms with Gasteiger partial charge in [-0.3, -0.25) is 0 Å². The predicted molar refractivity (Wildman–Crippen MR) is 81.4 cm³/mol. The van der Waals surface area contributed by atoms with E-state index in [0.29, 0.717) is 9.65 Å². The Kier molecular flexibility index (Phi) is 5.98. The molecule has 2 N–H and O–H groups in total. The molecule has 0 amide bonds. The number of hydrogen-bond donors (Lipinski definition) is 2. The molecule has 2 aliphatic carbocycles. The summed E-state index contributed by atoms with van der Waals surface area (Å²) in [7, 11) is 0. The first-order valence-electron chi connectivity index (χ1n) is 7.25. The first-order valence-corrected chi connectivity index (χ1v) is 9.08. The maximum Gasteiger partial charge on any atom is 0.0841 e. The van der Waals surface area contributed by atoms with Gasteiger partial charge in [0.05, 0.1) is 12.2 Å². The second kappa shape index (κ2) is 7.05. The van der Waals surface area contributed by atoms with E-state index in [0.717, 1.165) is 25.7 Å². The zero-order chi connectivity index (χ0) is 13.1. The maximum atomic E-state index is 10.5. The normalized spacial score (nSPS) is 41.3. The Balaban J connectivity index is 1.96. The Labute approximate surface area is 127 Å². The Bertz CT molecular complexity index is 236. The van der Waals surface area contributed by atoms with Gasteiger partial charge in [0.15, 0.2) is 0 Å². The molecule has 2 fully saturated rings. The summed E-state index contributed by atoms with van der Waals surface area (Å²) in [5, 5.41) is 21.0. The molecule has 0 aromatic carbocycles. The number of rotatable bonds is 3. The molecule has 0 saturated heterocycles. The fraction of sp³-hybridized carbons (Fsp3) is 1.00. The van der Waals surface area contributed by atoms with Crippen LogP contribution in [0.2, 0.25) is 0 Å². The van der Waals surface area contributed by atoms with Crippen LogP contribution in [-0.4, -0.2) is 32.1 Å². The molecule has 0 radical (unpaired) electrons. The molecule has 0 spiro atoms. The van der Waals surface area contributed by atoms with Crippen LogP contribution in [-0.2, 0) is 0 Å². The van der Waals surface area contributed by atoms with Crippen molar-refractivity contribution in [3.8, 4) is 0 Å². The molecule has 0 bridgehead atoms. The van der Waals surface area contributed by atoms with E-state index in [1.807, 2.05) is 0 Å². The SMILES string of the molecule is O[C@H](C1CCCCC1Br)[C@H](O)C1CCCCC1Br. The highest BCUT2D eigenvalue weighted by atomic mass is 79.9. The largest absolute Gasteiger partial charge is 0.390 e. The van der Waals surface area contributed by atoms with E-state index in [1.54, 1.807) is 0 Å². The minimum absolute atomic E-state index is 0.218. The molecule has 2 saturated carbocycles. The summed E-state index contributed by atoms with van der Waals surface area (Å²) in [5.74, 6) is 0.436. The van der Waals surface area contributed by atoms with Crippen LogP contribution in [0.15, 0.2) is 0 Å². The van der Waals surface area contributed by atoms with Gasteiger partial charge in [0.2, 0.25) is 0 Å². The lowest BCUT2D eigenvalue weighted by molar-refractivity contribution is -0.0583. The molecular weight excluding hydrogens is 360 g/mol. The van der Waals surface area contributed by atoms with Gasteiger partial charge in [-0.05, 0) is 37.5 Å². The predicted octanol–water partition coefficient (Wildman–Crippen LogP) is 3.62. The van der Waals surface area contributed by atoms with Gasteiger partial charge in [-0.15, -0.1) is 0 Å². The minimum Gasteiger partial charge on any atom is -0.390 e. The van der Waals surface area contributed by atoms with E-state index < -0.39 is 12.2 Å². The standard InChI is InChI=1S/C14H24Br2O2/c15-11-7-3-1-5-9(11)13(17)14(18)10-6-2-4-8-12(10)16/h9-14,17-18H,1-8H2/t9?,10?,11?,12?,13-,14-/m1/s1. The highest BCUT2D eigenvalue weighted by molar-refractivity contribution is 9.09. The van der Waals surface area contributed by atoms with E-state index in [1.165, 1.54) is 25.7 Å². The third-order valence-electron chi connectivity index (χ3n) is 4.69. The molecule has 2 rings (SSSR count). The van der Waals surface area contributed by atoms with Crippen LogP contribution in [0.1, 0.15) is 51.4 Å².